The van der Waals surface area contributed by atoms with E-state index in [9.17, 15) is 22.4 Å². The number of carbonyl (C=O) groups is 1. The molecule has 0 atom stereocenters. The molecule has 3 rings (SSSR count). The first kappa shape index (κ1) is 18.9. The molecule has 0 aliphatic heterocycles. The Morgan fingerprint density at radius 3 is 2.38 bits per heavy atom. The van der Waals surface area contributed by atoms with Crippen molar-refractivity contribution < 1.29 is 22.4 Å². The summed E-state index contributed by atoms with van der Waals surface area (Å²) in [5.74, 6) is -2.70. The van der Waals surface area contributed by atoms with Gasteiger partial charge >= 0.3 is 6.18 Å². The molecule has 7 heteroatoms. The van der Waals surface area contributed by atoms with Crippen molar-refractivity contribution in [2.75, 3.05) is 0 Å². The maximum atomic E-state index is 13.8. The number of hydrogen-bond acceptors (Lipinski definition) is 1. The second-order valence-corrected chi connectivity index (χ2v) is 7.00. The van der Waals surface area contributed by atoms with E-state index in [-0.39, 0.29) is 22.0 Å². The van der Waals surface area contributed by atoms with Gasteiger partial charge in [0.1, 0.15) is 5.82 Å². The van der Waals surface area contributed by atoms with Gasteiger partial charge in [0.05, 0.1) is 4.47 Å². The molecular formula is C19H10BrClF4O. The SMILES string of the molecule is O=C(C1=C(/C=C/c2ccc(Cl)cc2)Cc2cc(Br)c(F)cc21)C(F)(F)F. The summed E-state index contributed by atoms with van der Waals surface area (Å²) in [5, 5.41) is 0.530. The van der Waals surface area contributed by atoms with Crippen LogP contribution in [0.2, 0.25) is 5.02 Å². The molecule has 0 heterocycles. The van der Waals surface area contributed by atoms with Crippen molar-refractivity contribution in [1.29, 1.82) is 0 Å². The van der Waals surface area contributed by atoms with Gasteiger partial charge in [-0.3, -0.25) is 4.79 Å². The lowest BCUT2D eigenvalue weighted by Crippen LogP contribution is -2.24. The number of alkyl halides is 3. The summed E-state index contributed by atoms with van der Waals surface area (Å²) in [6.07, 6.45) is -1.89. The van der Waals surface area contributed by atoms with Crippen LogP contribution in [0, 0.1) is 5.82 Å². The molecule has 1 aliphatic carbocycles. The van der Waals surface area contributed by atoms with Gasteiger partial charge < -0.3 is 0 Å². The van der Waals surface area contributed by atoms with Crippen LogP contribution in [-0.4, -0.2) is 12.0 Å². The Morgan fingerprint density at radius 2 is 1.77 bits per heavy atom. The fourth-order valence-corrected chi connectivity index (χ4v) is 3.27. The zero-order valence-corrected chi connectivity index (χ0v) is 15.3. The third-order valence-electron chi connectivity index (χ3n) is 3.95. The predicted molar refractivity (Wildman–Crippen MR) is 96.3 cm³/mol. The van der Waals surface area contributed by atoms with E-state index in [0.29, 0.717) is 16.1 Å². The first-order valence-electron chi connectivity index (χ1n) is 7.43. The highest BCUT2D eigenvalue weighted by molar-refractivity contribution is 9.10. The highest BCUT2D eigenvalue weighted by atomic mass is 79.9. The average Bonchev–Trinajstić information content (AvgIpc) is 2.90. The first-order chi connectivity index (χ1) is 12.2. The summed E-state index contributed by atoms with van der Waals surface area (Å²) in [5.41, 5.74) is 0.827. The molecule has 0 radical (unpaired) electrons. The lowest BCUT2D eigenvalue weighted by molar-refractivity contribution is -0.164. The highest BCUT2D eigenvalue weighted by Crippen LogP contribution is 2.40. The second kappa shape index (κ2) is 7.00. The summed E-state index contributed by atoms with van der Waals surface area (Å²) in [6, 6.07) is 9.05. The molecule has 2 aromatic carbocycles. The quantitative estimate of drug-likeness (QED) is 0.500. The zero-order valence-electron chi connectivity index (χ0n) is 13.0. The van der Waals surface area contributed by atoms with Crippen LogP contribution in [0.3, 0.4) is 0 Å². The van der Waals surface area contributed by atoms with E-state index in [4.69, 9.17) is 11.6 Å². The Balaban J connectivity index is 2.08. The maximum absolute atomic E-state index is 13.8. The van der Waals surface area contributed by atoms with Crippen molar-refractivity contribution in [3.63, 3.8) is 0 Å². The van der Waals surface area contributed by atoms with Crippen LogP contribution in [0.15, 0.2) is 52.5 Å². The number of halogens is 6. The van der Waals surface area contributed by atoms with Gasteiger partial charge in [0.2, 0.25) is 0 Å². The van der Waals surface area contributed by atoms with Gasteiger partial charge in [-0.05, 0) is 68.9 Å². The second-order valence-electron chi connectivity index (χ2n) is 5.71. The van der Waals surface area contributed by atoms with E-state index in [1.807, 2.05) is 0 Å². The van der Waals surface area contributed by atoms with E-state index < -0.39 is 23.3 Å². The van der Waals surface area contributed by atoms with Crippen LogP contribution >= 0.6 is 27.5 Å². The lowest BCUT2D eigenvalue weighted by Gasteiger charge is -2.09. The normalized spacial score (nSPS) is 14.2. The van der Waals surface area contributed by atoms with Gasteiger partial charge in [-0.25, -0.2) is 4.39 Å². The molecule has 0 fully saturated rings. The largest absolute Gasteiger partial charge is 0.454 e. The Morgan fingerprint density at radius 1 is 1.12 bits per heavy atom. The lowest BCUT2D eigenvalue weighted by atomic mass is 10.0. The molecule has 0 saturated heterocycles. The van der Waals surface area contributed by atoms with Gasteiger partial charge in [-0.1, -0.05) is 35.9 Å². The van der Waals surface area contributed by atoms with Crippen LogP contribution < -0.4 is 0 Å². The van der Waals surface area contributed by atoms with Crippen LogP contribution in [0.4, 0.5) is 17.6 Å². The van der Waals surface area contributed by atoms with Crippen molar-refractivity contribution in [3.05, 3.63) is 80.1 Å². The van der Waals surface area contributed by atoms with Gasteiger partial charge in [0, 0.05) is 10.6 Å². The molecule has 134 valence electrons. The molecule has 2 aromatic rings. The number of hydrogen-bond donors (Lipinski definition) is 0. The Bertz CT molecular complexity index is 943. The predicted octanol–water partition coefficient (Wildman–Crippen LogP) is 6.40. The molecule has 0 aromatic heterocycles. The Kier molecular flexibility index (Phi) is 5.08. The minimum Gasteiger partial charge on any atom is -0.284 e. The Hall–Kier alpha value is -1.92. The first-order valence-corrected chi connectivity index (χ1v) is 8.60. The monoisotopic (exact) mass is 444 g/mol. The molecule has 0 N–H and O–H groups in total. The number of allylic oxidation sites excluding steroid dienone is 3. The van der Waals surface area contributed by atoms with E-state index >= 15 is 0 Å². The molecule has 26 heavy (non-hydrogen) atoms. The number of rotatable bonds is 3. The number of carbonyl (C=O) groups excluding carboxylic acids is 1. The van der Waals surface area contributed by atoms with Crippen molar-refractivity contribution in [2.45, 2.75) is 12.6 Å². The van der Waals surface area contributed by atoms with Crippen LogP contribution in [0.1, 0.15) is 16.7 Å². The fraction of sp³-hybridized carbons (Fsp3) is 0.105. The summed E-state index contributed by atoms with van der Waals surface area (Å²) in [7, 11) is 0. The topological polar surface area (TPSA) is 17.1 Å². The molecule has 1 aliphatic rings. The molecule has 0 unspecified atom stereocenters. The number of fused-ring (bicyclic) bond motifs is 1. The summed E-state index contributed by atoms with van der Waals surface area (Å²) in [6.45, 7) is 0. The minimum atomic E-state index is -5.04. The van der Waals surface area contributed by atoms with Gasteiger partial charge in [0.15, 0.2) is 0 Å². The number of ketones is 1. The molecular weight excluding hydrogens is 436 g/mol. The van der Waals surface area contributed by atoms with Gasteiger partial charge in [0.25, 0.3) is 5.78 Å². The average molecular weight is 446 g/mol. The standard InChI is InChI=1S/C19H10BrClF4O/c20-15-8-12-7-11(4-1-10-2-5-13(21)6-3-10)17(14(12)9-16(15)22)18(26)19(23,24)25/h1-6,8-9H,7H2/b4-1+. The number of Topliss-reactive ketones (excluding diaryl/α,β-unsaturated/α-hetero) is 1. The van der Waals surface area contributed by atoms with Gasteiger partial charge in [-0.2, -0.15) is 13.2 Å². The molecule has 0 saturated carbocycles. The van der Waals surface area contributed by atoms with E-state index in [1.54, 1.807) is 30.3 Å². The van der Waals surface area contributed by atoms with Crippen LogP contribution in [0.5, 0.6) is 0 Å². The number of benzene rings is 2. The third kappa shape index (κ3) is 3.76. The highest BCUT2D eigenvalue weighted by Gasteiger charge is 2.44. The van der Waals surface area contributed by atoms with Crippen molar-refractivity contribution >= 4 is 45.0 Å². The van der Waals surface area contributed by atoms with Crippen molar-refractivity contribution in [3.8, 4) is 0 Å². The third-order valence-corrected chi connectivity index (χ3v) is 4.81. The molecule has 1 nitrogen and oxygen atoms in total. The fourth-order valence-electron chi connectivity index (χ4n) is 2.76. The van der Waals surface area contributed by atoms with Crippen molar-refractivity contribution in [2.24, 2.45) is 0 Å². The van der Waals surface area contributed by atoms with E-state index in [1.165, 1.54) is 12.1 Å². The van der Waals surface area contributed by atoms with Crippen LogP contribution in [-0.2, 0) is 11.2 Å². The van der Waals surface area contributed by atoms with Crippen molar-refractivity contribution in [1.82, 2.24) is 0 Å². The molecule has 0 amide bonds. The summed E-state index contributed by atoms with van der Waals surface area (Å²) in [4.78, 5) is 11.9. The smallest absolute Gasteiger partial charge is 0.284 e. The van der Waals surface area contributed by atoms with Gasteiger partial charge in [-0.15, -0.1) is 0 Å². The van der Waals surface area contributed by atoms with E-state index in [0.717, 1.165) is 6.07 Å². The van der Waals surface area contributed by atoms with Crippen LogP contribution in [0.25, 0.3) is 11.6 Å². The summed E-state index contributed by atoms with van der Waals surface area (Å²) >= 11 is 8.82. The van der Waals surface area contributed by atoms with E-state index in [2.05, 4.69) is 15.9 Å². The zero-order chi connectivity index (χ0) is 19.1. The minimum absolute atomic E-state index is 0.0243. The molecule has 0 bridgehead atoms. The summed E-state index contributed by atoms with van der Waals surface area (Å²) < 4.78 is 53.1. The maximum Gasteiger partial charge on any atom is 0.454 e. The Labute approximate surface area is 160 Å². The molecule has 0 spiro atoms.